The molecule has 1 heterocycles. The van der Waals surface area contributed by atoms with Crippen molar-refractivity contribution in [2.24, 2.45) is 5.92 Å². The minimum atomic E-state index is -4.31. The average Bonchev–Trinajstić information content (AvgIpc) is 2.52. The second-order valence-electron chi connectivity index (χ2n) is 6.11. The van der Waals surface area contributed by atoms with Crippen LogP contribution in [0.15, 0.2) is 24.3 Å². The fourth-order valence-corrected chi connectivity index (χ4v) is 3.11. The van der Waals surface area contributed by atoms with Gasteiger partial charge in [-0.1, -0.05) is 31.5 Å². The van der Waals surface area contributed by atoms with Crippen molar-refractivity contribution in [3.05, 3.63) is 35.4 Å². The molecule has 1 aromatic rings. The first-order chi connectivity index (χ1) is 10.8. The number of nitrogens with one attached hydrogen (secondary N) is 1. The molecule has 1 aliphatic rings. The molecule has 1 N–H and O–H groups in total. The van der Waals surface area contributed by atoms with Gasteiger partial charge in [-0.05, 0) is 24.0 Å². The van der Waals surface area contributed by atoms with Gasteiger partial charge in [-0.3, -0.25) is 4.79 Å². The molecule has 1 fully saturated rings. The summed E-state index contributed by atoms with van der Waals surface area (Å²) in [6, 6.07) is 5.65. The van der Waals surface area contributed by atoms with Crippen LogP contribution in [0.3, 0.4) is 0 Å². The van der Waals surface area contributed by atoms with Crippen molar-refractivity contribution in [2.75, 3.05) is 13.1 Å². The summed E-state index contributed by atoms with van der Waals surface area (Å²) in [5.41, 5.74) is 0.0129. The Morgan fingerprint density at radius 2 is 2.13 bits per heavy atom. The van der Waals surface area contributed by atoms with Crippen molar-refractivity contribution in [3.63, 3.8) is 0 Å². The highest BCUT2D eigenvalue weighted by Gasteiger charge is 2.31. The third kappa shape index (κ3) is 4.70. The Bertz CT molecular complexity index is 545. The van der Waals surface area contributed by atoms with E-state index in [2.05, 4.69) is 12.2 Å². The van der Waals surface area contributed by atoms with Crippen molar-refractivity contribution in [3.8, 4) is 0 Å². The largest absolute Gasteiger partial charge is 0.416 e. The molecule has 0 spiro atoms. The second-order valence-corrected chi connectivity index (χ2v) is 6.11. The molecule has 1 aliphatic heterocycles. The van der Waals surface area contributed by atoms with E-state index in [1.807, 2.05) is 4.90 Å². The first-order valence-corrected chi connectivity index (χ1v) is 7.96. The first kappa shape index (κ1) is 17.8. The number of nitrogens with zero attached hydrogens (tertiary/aromatic N) is 1. The minimum Gasteiger partial charge on any atom is -0.343 e. The summed E-state index contributed by atoms with van der Waals surface area (Å²) in [5, 5.41) is 3.37. The number of rotatable bonds is 4. The van der Waals surface area contributed by atoms with E-state index in [1.165, 1.54) is 12.1 Å². The summed E-state index contributed by atoms with van der Waals surface area (Å²) in [5.74, 6) is 0.415. The predicted octanol–water partition coefficient (Wildman–Crippen LogP) is 3.44. The van der Waals surface area contributed by atoms with Gasteiger partial charge in [0.15, 0.2) is 0 Å². The van der Waals surface area contributed by atoms with Crippen LogP contribution in [0.25, 0.3) is 0 Å². The second kappa shape index (κ2) is 7.34. The molecule has 1 amide bonds. The standard InChI is InChI=1S/C17H23F3N2O/c1-3-14-11-22(12(2)23)8-7-16(14)21-10-13-5-4-6-15(9-13)17(18,19)20/h4-6,9,14,16,21H,3,7-8,10-11H2,1-2H3/t14-,16-/m0/s1. The molecule has 1 saturated heterocycles. The van der Waals surface area contributed by atoms with Gasteiger partial charge in [-0.15, -0.1) is 0 Å². The third-order valence-corrected chi connectivity index (χ3v) is 4.53. The van der Waals surface area contributed by atoms with Crippen LogP contribution < -0.4 is 5.32 Å². The van der Waals surface area contributed by atoms with Crippen LogP contribution >= 0.6 is 0 Å². The zero-order chi connectivity index (χ0) is 17.0. The number of likely N-dealkylation sites (tertiary alicyclic amines) is 1. The molecule has 2 atom stereocenters. The van der Waals surface area contributed by atoms with E-state index in [0.717, 1.165) is 18.9 Å². The highest BCUT2D eigenvalue weighted by Crippen LogP contribution is 2.29. The molecule has 0 aromatic heterocycles. The lowest BCUT2D eigenvalue weighted by atomic mass is 9.89. The number of carbonyl (C=O) groups is 1. The predicted molar refractivity (Wildman–Crippen MR) is 82.7 cm³/mol. The summed E-state index contributed by atoms with van der Waals surface area (Å²) < 4.78 is 38.2. The van der Waals surface area contributed by atoms with E-state index in [0.29, 0.717) is 31.1 Å². The molecule has 0 radical (unpaired) electrons. The molecule has 0 saturated carbocycles. The number of hydrogen-bond donors (Lipinski definition) is 1. The molecule has 0 aliphatic carbocycles. The third-order valence-electron chi connectivity index (χ3n) is 4.53. The Kier molecular flexibility index (Phi) is 5.68. The van der Waals surface area contributed by atoms with E-state index in [-0.39, 0.29) is 11.9 Å². The molecular weight excluding hydrogens is 305 g/mol. The number of hydrogen-bond acceptors (Lipinski definition) is 2. The zero-order valence-electron chi connectivity index (χ0n) is 13.5. The summed E-state index contributed by atoms with van der Waals surface area (Å²) in [6.07, 6.45) is -2.55. The van der Waals surface area contributed by atoms with Gasteiger partial charge in [0.05, 0.1) is 5.56 Å². The number of halogens is 3. The Morgan fingerprint density at radius 3 is 2.74 bits per heavy atom. The van der Waals surface area contributed by atoms with Gasteiger partial charge >= 0.3 is 6.18 Å². The monoisotopic (exact) mass is 328 g/mol. The Morgan fingerprint density at radius 1 is 1.39 bits per heavy atom. The topological polar surface area (TPSA) is 32.3 Å². The smallest absolute Gasteiger partial charge is 0.343 e. The Balaban J connectivity index is 1.96. The summed E-state index contributed by atoms with van der Waals surface area (Å²) in [6.45, 7) is 5.47. The maximum absolute atomic E-state index is 12.7. The average molecular weight is 328 g/mol. The van der Waals surface area contributed by atoms with Crippen LogP contribution in [-0.2, 0) is 17.5 Å². The maximum Gasteiger partial charge on any atom is 0.416 e. The summed E-state index contributed by atoms with van der Waals surface area (Å²) >= 11 is 0. The fraction of sp³-hybridized carbons (Fsp3) is 0.588. The molecular formula is C17H23F3N2O. The van der Waals surface area contributed by atoms with E-state index in [9.17, 15) is 18.0 Å². The summed E-state index contributed by atoms with van der Waals surface area (Å²) in [4.78, 5) is 13.3. The maximum atomic E-state index is 12.7. The number of piperidine rings is 1. The molecule has 1 aromatic carbocycles. The highest BCUT2D eigenvalue weighted by atomic mass is 19.4. The van der Waals surface area contributed by atoms with E-state index in [1.54, 1.807) is 13.0 Å². The van der Waals surface area contributed by atoms with Crippen molar-refractivity contribution in [2.45, 2.75) is 45.5 Å². The van der Waals surface area contributed by atoms with Crippen LogP contribution in [0.2, 0.25) is 0 Å². The molecule has 0 bridgehead atoms. The first-order valence-electron chi connectivity index (χ1n) is 7.96. The molecule has 6 heteroatoms. The lowest BCUT2D eigenvalue weighted by molar-refractivity contribution is -0.137. The van der Waals surface area contributed by atoms with Crippen LogP contribution in [0.1, 0.15) is 37.8 Å². The van der Waals surface area contributed by atoms with Crippen LogP contribution in [0.4, 0.5) is 13.2 Å². The normalized spacial score (nSPS) is 22.2. The van der Waals surface area contributed by atoms with Gasteiger partial charge in [0.2, 0.25) is 5.91 Å². The van der Waals surface area contributed by atoms with Crippen LogP contribution in [-0.4, -0.2) is 29.9 Å². The number of alkyl halides is 3. The zero-order valence-corrected chi connectivity index (χ0v) is 13.5. The van der Waals surface area contributed by atoms with Crippen molar-refractivity contribution < 1.29 is 18.0 Å². The van der Waals surface area contributed by atoms with Crippen molar-refractivity contribution in [1.29, 1.82) is 0 Å². The van der Waals surface area contributed by atoms with Gasteiger partial charge < -0.3 is 10.2 Å². The van der Waals surface area contributed by atoms with E-state index < -0.39 is 11.7 Å². The highest BCUT2D eigenvalue weighted by molar-refractivity contribution is 5.73. The van der Waals surface area contributed by atoms with E-state index >= 15 is 0 Å². The Hall–Kier alpha value is -1.56. The summed E-state index contributed by atoms with van der Waals surface area (Å²) in [7, 11) is 0. The van der Waals surface area contributed by atoms with Gasteiger partial charge in [0, 0.05) is 32.6 Å². The molecule has 2 rings (SSSR count). The SMILES string of the molecule is CC[C@H]1CN(C(C)=O)CC[C@@H]1NCc1cccc(C(F)(F)F)c1. The minimum absolute atomic E-state index is 0.0831. The molecule has 0 unspecified atom stereocenters. The van der Waals surface area contributed by atoms with Crippen LogP contribution in [0, 0.1) is 5.92 Å². The molecule has 128 valence electrons. The van der Waals surface area contributed by atoms with Gasteiger partial charge in [0.25, 0.3) is 0 Å². The van der Waals surface area contributed by atoms with Crippen molar-refractivity contribution in [1.82, 2.24) is 10.2 Å². The van der Waals surface area contributed by atoms with Gasteiger partial charge in [-0.2, -0.15) is 13.2 Å². The molecule has 3 nitrogen and oxygen atoms in total. The number of benzene rings is 1. The number of carbonyl (C=O) groups excluding carboxylic acids is 1. The number of amides is 1. The van der Waals surface area contributed by atoms with Crippen LogP contribution in [0.5, 0.6) is 0 Å². The van der Waals surface area contributed by atoms with Gasteiger partial charge in [-0.25, -0.2) is 0 Å². The quantitative estimate of drug-likeness (QED) is 0.918. The lowest BCUT2D eigenvalue weighted by Gasteiger charge is -2.38. The Labute approximate surface area is 134 Å². The van der Waals surface area contributed by atoms with E-state index in [4.69, 9.17) is 0 Å². The molecule has 23 heavy (non-hydrogen) atoms. The lowest BCUT2D eigenvalue weighted by Crippen LogP contribution is -2.50. The van der Waals surface area contributed by atoms with Crippen molar-refractivity contribution >= 4 is 5.91 Å². The van der Waals surface area contributed by atoms with Gasteiger partial charge in [0.1, 0.15) is 0 Å². The fourth-order valence-electron chi connectivity index (χ4n) is 3.11.